The van der Waals surface area contributed by atoms with Gasteiger partial charge in [-0.3, -0.25) is 9.59 Å². The lowest BCUT2D eigenvalue weighted by atomic mass is 10.1. The van der Waals surface area contributed by atoms with Crippen LogP contribution in [0.3, 0.4) is 0 Å². The molecule has 0 aromatic rings. The minimum atomic E-state index is -0.444. The molecule has 3 unspecified atom stereocenters. The van der Waals surface area contributed by atoms with Gasteiger partial charge in [-0.25, -0.2) is 0 Å². The number of carbonyl (C=O) groups excluding carboxylic acids is 2. The van der Waals surface area contributed by atoms with Gasteiger partial charge in [-0.2, -0.15) is 0 Å². The minimum absolute atomic E-state index is 0.0836. The van der Waals surface area contributed by atoms with Crippen molar-refractivity contribution in [1.82, 2.24) is 0 Å². The predicted molar refractivity (Wildman–Crippen MR) is 74.7 cm³/mol. The SMILES string of the molecule is CCCC(C)OC(=O)CC(C)C(=O)OC(C)CCC. The zero-order valence-electron chi connectivity index (χ0n) is 12.9. The van der Waals surface area contributed by atoms with E-state index in [2.05, 4.69) is 0 Å². The van der Waals surface area contributed by atoms with Gasteiger partial charge in [-0.1, -0.05) is 33.6 Å². The van der Waals surface area contributed by atoms with Crippen molar-refractivity contribution in [1.29, 1.82) is 0 Å². The monoisotopic (exact) mass is 272 g/mol. The molecule has 3 atom stereocenters. The van der Waals surface area contributed by atoms with Gasteiger partial charge >= 0.3 is 11.9 Å². The van der Waals surface area contributed by atoms with Crippen molar-refractivity contribution in [2.24, 2.45) is 5.92 Å². The van der Waals surface area contributed by atoms with Crippen LogP contribution in [-0.4, -0.2) is 24.1 Å². The highest BCUT2D eigenvalue weighted by molar-refractivity contribution is 5.79. The third-order valence-corrected chi connectivity index (χ3v) is 2.92. The third-order valence-electron chi connectivity index (χ3n) is 2.92. The molecular weight excluding hydrogens is 244 g/mol. The van der Waals surface area contributed by atoms with Crippen LogP contribution in [0.4, 0.5) is 0 Å². The molecule has 4 heteroatoms. The quantitative estimate of drug-likeness (QED) is 0.603. The maximum atomic E-state index is 11.7. The van der Waals surface area contributed by atoms with E-state index in [1.165, 1.54) is 0 Å². The van der Waals surface area contributed by atoms with Crippen LogP contribution in [0, 0.1) is 5.92 Å². The molecule has 19 heavy (non-hydrogen) atoms. The van der Waals surface area contributed by atoms with Crippen molar-refractivity contribution in [3.8, 4) is 0 Å². The summed E-state index contributed by atoms with van der Waals surface area (Å²) in [6.45, 7) is 9.52. The number of carbonyl (C=O) groups is 2. The van der Waals surface area contributed by atoms with E-state index in [1.54, 1.807) is 6.92 Å². The van der Waals surface area contributed by atoms with E-state index in [9.17, 15) is 9.59 Å². The van der Waals surface area contributed by atoms with Crippen LogP contribution >= 0.6 is 0 Å². The van der Waals surface area contributed by atoms with Gasteiger partial charge in [0.25, 0.3) is 0 Å². The number of esters is 2. The van der Waals surface area contributed by atoms with E-state index in [1.807, 2.05) is 27.7 Å². The van der Waals surface area contributed by atoms with E-state index >= 15 is 0 Å². The first-order valence-corrected chi connectivity index (χ1v) is 7.30. The zero-order valence-corrected chi connectivity index (χ0v) is 12.9. The average molecular weight is 272 g/mol. The van der Waals surface area contributed by atoms with Gasteiger partial charge in [0.15, 0.2) is 0 Å². The molecule has 0 radical (unpaired) electrons. The van der Waals surface area contributed by atoms with E-state index in [4.69, 9.17) is 9.47 Å². The van der Waals surface area contributed by atoms with Crippen LogP contribution in [0.15, 0.2) is 0 Å². The summed E-state index contributed by atoms with van der Waals surface area (Å²) in [6, 6.07) is 0. The van der Waals surface area contributed by atoms with Crippen LogP contribution in [0.25, 0.3) is 0 Å². The maximum Gasteiger partial charge on any atom is 0.309 e. The topological polar surface area (TPSA) is 52.6 Å². The van der Waals surface area contributed by atoms with Gasteiger partial charge in [-0.05, 0) is 26.7 Å². The van der Waals surface area contributed by atoms with Gasteiger partial charge in [0.2, 0.25) is 0 Å². The summed E-state index contributed by atoms with van der Waals surface area (Å²) in [5, 5.41) is 0. The lowest BCUT2D eigenvalue weighted by Gasteiger charge is -2.17. The highest BCUT2D eigenvalue weighted by atomic mass is 16.5. The predicted octanol–water partition coefficient (Wildman–Crippen LogP) is 3.48. The van der Waals surface area contributed by atoms with E-state index < -0.39 is 5.92 Å². The molecule has 0 rings (SSSR count). The Hall–Kier alpha value is -1.06. The van der Waals surface area contributed by atoms with Crippen molar-refractivity contribution in [3.63, 3.8) is 0 Å². The largest absolute Gasteiger partial charge is 0.463 e. The Balaban J connectivity index is 4.03. The maximum absolute atomic E-state index is 11.7. The second-order valence-electron chi connectivity index (χ2n) is 5.23. The zero-order chi connectivity index (χ0) is 14.8. The molecule has 0 aliphatic heterocycles. The number of hydrogen-bond acceptors (Lipinski definition) is 4. The van der Waals surface area contributed by atoms with Crippen molar-refractivity contribution >= 4 is 11.9 Å². The summed E-state index contributed by atoms with van der Waals surface area (Å²) in [7, 11) is 0. The second kappa shape index (κ2) is 9.82. The van der Waals surface area contributed by atoms with Crippen molar-refractivity contribution in [3.05, 3.63) is 0 Å². The van der Waals surface area contributed by atoms with Gasteiger partial charge in [0.05, 0.1) is 24.5 Å². The fraction of sp³-hybridized carbons (Fsp3) is 0.867. The molecular formula is C15H28O4. The number of hydrogen-bond donors (Lipinski definition) is 0. The molecule has 0 aliphatic rings. The van der Waals surface area contributed by atoms with E-state index in [0.717, 1.165) is 25.7 Å². The third kappa shape index (κ3) is 8.62. The Morgan fingerprint density at radius 2 is 1.37 bits per heavy atom. The first-order valence-electron chi connectivity index (χ1n) is 7.30. The van der Waals surface area contributed by atoms with E-state index in [0.29, 0.717) is 0 Å². The van der Waals surface area contributed by atoms with Gasteiger partial charge in [0, 0.05) is 0 Å². The van der Waals surface area contributed by atoms with Crippen LogP contribution in [0.5, 0.6) is 0 Å². The summed E-state index contributed by atoms with van der Waals surface area (Å²) < 4.78 is 10.5. The van der Waals surface area contributed by atoms with Crippen molar-refractivity contribution < 1.29 is 19.1 Å². The molecule has 0 amide bonds. The van der Waals surface area contributed by atoms with Crippen LogP contribution < -0.4 is 0 Å². The lowest BCUT2D eigenvalue weighted by molar-refractivity contribution is -0.159. The smallest absolute Gasteiger partial charge is 0.309 e. The summed E-state index contributed by atoms with van der Waals surface area (Å²) in [5.41, 5.74) is 0. The summed E-state index contributed by atoms with van der Waals surface area (Å²) in [6.07, 6.45) is 3.55. The fourth-order valence-corrected chi connectivity index (χ4v) is 1.85. The molecule has 0 saturated heterocycles. The second-order valence-corrected chi connectivity index (χ2v) is 5.23. The molecule has 0 aromatic carbocycles. The van der Waals surface area contributed by atoms with Crippen molar-refractivity contribution in [2.75, 3.05) is 0 Å². The molecule has 112 valence electrons. The molecule has 0 aromatic heterocycles. The summed E-state index contributed by atoms with van der Waals surface area (Å²) in [4.78, 5) is 23.4. The normalized spacial score (nSPS) is 15.4. The first-order chi connectivity index (χ1) is 8.90. The highest BCUT2D eigenvalue weighted by Crippen LogP contribution is 2.12. The Labute approximate surface area is 116 Å². The molecule has 4 nitrogen and oxygen atoms in total. The fourth-order valence-electron chi connectivity index (χ4n) is 1.85. The van der Waals surface area contributed by atoms with Crippen LogP contribution in [0.1, 0.15) is 66.7 Å². The Bertz CT molecular complexity index is 275. The molecule has 0 aliphatic carbocycles. The number of rotatable bonds is 9. The Morgan fingerprint density at radius 1 is 0.895 bits per heavy atom. The molecule has 0 heterocycles. The first kappa shape index (κ1) is 17.9. The van der Waals surface area contributed by atoms with Gasteiger partial charge in [0.1, 0.15) is 0 Å². The van der Waals surface area contributed by atoms with Gasteiger partial charge < -0.3 is 9.47 Å². The molecule has 0 bridgehead atoms. The molecule has 0 spiro atoms. The number of ether oxygens (including phenoxy) is 2. The van der Waals surface area contributed by atoms with Gasteiger partial charge in [-0.15, -0.1) is 0 Å². The molecule has 0 N–H and O–H groups in total. The Morgan fingerprint density at radius 3 is 1.84 bits per heavy atom. The minimum Gasteiger partial charge on any atom is -0.463 e. The van der Waals surface area contributed by atoms with Crippen molar-refractivity contribution in [2.45, 2.75) is 78.9 Å². The molecule has 0 saturated carbocycles. The Kier molecular flexibility index (Phi) is 9.27. The average Bonchev–Trinajstić information content (AvgIpc) is 2.28. The highest BCUT2D eigenvalue weighted by Gasteiger charge is 2.22. The molecule has 0 fully saturated rings. The standard InChI is InChI=1S/C15H28O4/c1-6-8-12(4)18-14(16)10-11(3)15(17)19-13(5)9-7-2/h11-13H,6-10H2,1-5H3. The lowest BCUT2D eigenvalue weighted by Crippen LogP contribution is -2.24. The van der Waals surface area contributed by atoms with Crippen LogP contribution in [0.2, 0.25) is 0 Å². The van der Waals surface area contributed by atoms with E-state index in [-0.39, 0.29) is 30.6 Å². The summed E-state index contributed by atoms with van der Waals surface area (Å²) in [5.74, 6) is -1.09. The summed E-state index contributed by atoms with van der Waals surface area (Å²) >= 11 is 0. The van der Waals surface area contributed by atoms with Crippen LogP contribution in [-0.2, 0) is 19.1 Å².